The van der Waals surface area contributed by atoms with Crippen molar-refractivity contribution in [3.05, 3.63) is 48.2 Å². The first-order valence-corrected chi connectivity index (χ1v) is 9.91. The minimum atomic E-state index is -3.52. The number of hydrogen-bond acceptors (Lipinski definition) is 3. The zero-order valence-corrected chi connectivity index (χ0v) is 12.8. The lowest BCUT2D eigenvalue weighted by Gasteiger charge is -2.01. The molecule has 3 rings (SSSR count). The Labute approximate surface area is 122 Å². The quantitative estimate of drug-likeness (QED) is 0.816. The van der Waals surface area contributed by atoms with E-state index in [1.165, 1.54) is 24.3 Å². The summed E-state index contributed by atoms with van der Waals surface area (Å²) in [5.41, 5.74) is 0. The molecular formula is C15H17O3S2+. The lowest BCUT2D eigenvalue weighted by atomic mass is 10.4. The fourth-order valence-corrected chi connectivity index (χ4v) is 5.84. The first-order chi connectivity index (χ1) is 9.66. The van der Waals surface area contributed by atoms with Gasteiger partial charge in [0.25, 0.3) is 0 Å². The van der Waals surface area contributed by atoms with Crippen LogP contribution in [0, 0.1) is 0 Å². The summed E-state index contributed by atoms with van der Waals surface area (Å²) >= 11 is 0. The van der Waals surface area contributed by atoms with Gasteiger partial charge < -0.3 is 4.42 Å². The van der Waals surface area contributed by atoms with E-state index >= 15 is 0 Å². The van der Waals surface area contributed by atoms with Crippen LogP contribution in [0.25, 0.3) is 0 Å². The topological polar surface area (TPSA) is 47.3 Å². The highest BCUT2D eigenvalue weighted by atomic mass is 32.2. The van der Waals surface area contributed by atoms with Gasteiger partial charge in [-0.15, -0.1) is 0 Å². The molecule has 20 heavy (non-hydrogen) atoms. The molecular weight excluding hydrogens is 292 g/mol. The van der Waals surface area contributed by atoms with Gasteiger partial charge >= 0.3 is 0 Å². The molecule has 0 amide bonds. The second-order valence-electron chi connectivity index (χ2n) is 4.91. The average Bonchev–Trinajstić information content (AvgIpc) is 3.12. The number of hydrogen-bond donors (Lipinski definition) is 0. The predicted molar refractivity (Wildman–Crippen MR) is 80.6 cm³/mol. The van der Waals surface area contributed by atoms with Crippen molar-refractivity contribution in [2.75, 3.05) is 11.5 Å². The molecule has 0 bridgehead atoms. The molecule has 0 spiro atoms. The van der Waals surface area contributed by atoms with E-state index in [0.29, 0.717) is 10.9 Å². The van der Waals surface area contributed by atoms with Crippen LogP contribution in [0.5, 0.6) is 0 Å². The molecule has 0 N–H and O–H groups in total. The molecule has 2 heterocycles. The highest BCUT2D eigenvalue weighted by molar-refractivity contribution is 7.96. The van der Waals surface area contributed by atoms with E-state index in [1.54, 1.807) is 42.5 Å². The molecule has 2 aromatic rings. The van der Waals surface area contributed by atoms with Crippen LogP contribution in [0.15, 0.2) is 56.9 Å². The molecule has 1 aromatic heterocycles. The first kappa shape index (κ1) is 13.8. The van der Waals surface area contributed by atoms with Gasteiger partial charge in [-0.1, -0.05) is 18.2 Å². The maximum Gasteiger partial charge on any atom is 0.239 e. The van der Waals surface area contributed by atoms with Crippen molar-refractivity contribution in [3.63, 3.8) is 0 Å². The van der Waals surface area contributed by atoms with Crippen molar-refractivity contribution in [3.8, 4) is 0 Å². The third kappa shape index (κ3) is 2.79. The summed E-state index contributed by atoms with van der Waals surface area (Å²) in [5, 5.41) is 0.0569. The van der Waals surface area contributed by atoms with Gasteiger partial charge in [0.05, 0.1) is 4.90 Å². The van der Waals surface area contributed by atoms with Crippen molar-refractivity contribution >= 4 is 20.7 Å². The van der Waals surface area contributed by atoms with Gasteiger partial charge in [0, 0.05) is 0 Å². The van der Waals surface area contributed by atoms with Crippen LogP contribution >= 0.6 is 0 Å². The maximum atomic E-state index is 12.4. The van der Waals surface area contributed by atoms with Crippen molar-refractivity contribution in [1.29, 1.82) is 0 Å². The van der Waals surface area contributed by atoms with Crippen LogP contribution in [0.4, 0.5) is 0 Å². The maximum absolute atomic E-state index is 12.4. The summed E-state index contributed by atoms with van der Waals surface area (Å²) < 4.78 is 30.4. The zero-order valence-electron chi connectivity index (χ0n) is 11.1. The van der Waals surface area contributed by atoms with Gasteiger partial charge in [-0.05, 0) is 48.0 Å². The Morgan fingerprint density at radius 2 is 1.70 bits per heavy atom. The van der Waals surface area contributed by atoms with Crippen LogP contribution in [0.3, 0.4) is 0 Å². The van der Waals surface area contributed by atoms with Gasteiger partial charge in [-0.3, -0.25) is 0 Å². The van der Waals surface area contributed by atoms with Gasteiger partial charge in [0.15, 0.2) is 11.5 Å². The van der Waals surface area contributed by atoms with Crippen molar-refractivity contribution in [2.45, 2.75) is 28.6 Å². The fourth-order valence-electron chi connectivity index (χ4n) is 2.36. The lowest BCUT2D eigenvalue weighted by Crippen LogP contribution is -2.06. The Bertz CT molecular complexity index is 668. The van der Waals surface area contributed by atoms with Crippen molar-refractivity contribution in [1.82, 2.24) is 0 Å². The molecule has 0 radical (unpaired) electrons. The van der Waals surface area contributed by atoms with Crippen molar-refractivity contribution in [2.24, 2.45) is 0 Å². The van der Waals surface area contributed by atoms with E-state index in [-0.39, 0.29) is 9.99 Å². The highest BCUT2D eigenvalue weighted by Crippen LogP contribution is 2.25. The Hall–Kier alpha value is -1.20. The minimum absolute atomic E-state index is 0.0569. The predicted octanol–water partition coefficient (Wildman–Crippen LogP) is 3.02. The Morgan fingerprint density at radius 3 is 2.40 bits per heavy atom. The van der Waals surface area contributed by atoms with E-state index in [1.807, 2.05) is 0 Å². The molecule has 0 aliphatic carbocycles. The molecule has 0 saturated carbocycles. The second-order valence-corrected chi connectivity index (χ2v) is 9.12. The molecule has 3 nitrogen and oxygen atoms in total. The van der Waals surface area contributed by atoms with Gasteiger partial charge in [0.1, 0.15) is 11.5 Å². The Morgan fingerprint density at radius 1 is 1.00 bits per heavy atom. The van der Waals surface area contributed by atoms with Gasteiger partial charge in [-0.2, -0.15) is 0 Å². The largest absolute Gasteiger partial charge is 0.444 e. The first-order valence-electron chi connectivity index (χ1n) is 6.69. The molecule has 0 atom stereocenters. The van der Waals surface area contributed by atoms with Crippen LogP contribution < -0.4 is 0 Å². The summed E-state index contributed by atoms with van der Waals surface area (Å²) in [7, 11) is -3.14. The third-order valence-corrected chi connectivity index (χ3v) is 7.48. The highest BCUT2D eigenvalue weighted by Gasteiger charge is 2.27. The van der Waals surface area contributed by atoms with Crippen LogP contribution in [0.2, 0.25) is 0 Å². The van der Waals surface area contributed by atoms with Gasteiger partial charge in [0.2, 0.25) is 14.9 Å². The minimum Gasteiger partial charge on any atom is -0.444 e. The summed E-state index contributed by atoms with van der Waals surface area (Å²) in [4.78, 5) is 0.282. The normalized spacial score (nSPS) is 16.6. The molecule has 1 saturated heterocycles. The van der Waals surface area contributed by atoms with Crippen LogP contribution in [-0.4, -0.2) is 19.9 Å². The van der Waals surface area contributed by atoms with Crippen LogP contribution in [0.1, 0.15) is 18.6 Å². The summed E-state index contributed by atoms with van der Waals surface area (Å²) in [6.45, 7) is 0. The smallest absolute Gasteiger partial charge is 0.239 e. The van der Waals surface area contributed by atoms with Gasteiger partial charge in [-0.25, -0.2) is 8.42 Å². The fraction of sp³-hybridized carbons (Fsp3) is 0.333. The second kappa shape index (κ2) is 5.66. The molecule has 1 aromatic carbocycles. The Kier molecular flexibility index (Phi) is 3.89. The average molecular weight is 309 g/mol. The van der Waals surface area contributed by atoms with Crippen LogP contribution in [-0.2, 0) is 26.5 Å². The number of benzene rings is 1. The Balaban J connectivity index is 1.82. The standard InChI is InChI=1S/C15H17O3S2/c16-20(17,14-6-2-1-3-7-14)15-9-8-13(18-15)12-19-10-4-5-11-19/h1-3,6-9H,4-5,10-12H2/q+1. The molecule has 0 unspecified atom stereocenters. The number of furan rings is 1. The molecule has 1 aliphatic rings. The molecule has 1 fully saturated rings. The number of rotatable bonds is 4. The number of sulfone groups is 1. The third-order valence-electron chi connectivity index (χ3n) is 3.42. The van der Waals surface area contributed by atoms with Crippen molar-refractivity contribution < 1.29 is 12.8 Å². The summed E-state index contributed by atoms with van der Waals surface area (Å²) in [6, 6.07) is 11.8. The van der Waals surface area contributed by atoms with E-state index in [9.17, 15) is 8.42 Å². The monoisotopic (exact) mass is 309 g/mol. The van der Waals surface area contributed by atoms with E-state index in [0.717, 1.165) is 11.5 Å². The molecule has 1 aliphatic heterocycles. The lowest BCUT2D eigenvalue weighted by molar-refractivity contribution is 0.426. The SMILES string of the molecule is O=S(=O)(c1ccccc1)c1ccc(C[S+]2CCCC2)o1. The molecule has 5 heteroatoms. The summed E-state index contributed by atoms with van der Waals surface area (Å²) in [5.74, 6) is 4.18. The summed E-state index contributed by atoms with van der Waals surface area (Å²) in [6.07, 6.45) is 2.58. The van der Waals surface area contributed by atoms with E-state index < -0.39 is 9.84 Å². The van der Waals surface area contributed by atoms with E-state index in [4.69, 9.17) is 4.42 Å². The zero-order chi connectivity index (χ0) is 14.0. The molecule has 106 valence electrons. The van der Waals surface area contributed by atoms with E-state index in [2.05, 4.69) is 0 Å².